The molecule has 4 aromatic rings. The van der Waals surface area contributed by atoms with E-state index in [4.69, 9.17) is 0 Å². The molecule has 0 N–H and O–H groups in total. The number of tetrazole rings is 1. The zero-order valence-electron chi connectivity index (χ0n) is 15.8. The van der Waals surface area contributed by atoms with Crippen LogP contribution in [0.5, 0.6) is 0 Å². The predicted molar refractivity (Wildman–Crippen MR) is 104 cm³/mol. The molecule has 0 aliphatic heterocycles. The second-order valence-electron chi connectivity index (χ2n) is 6.83. The first-order valence-corrected chi connectivity index (χ1v) is 9.18. The number of carbonyl (C=O) groups excluding carboxylic acids is 1. The molecule has 28 heavy (non-hydrogen) atoms. The summed E-state index contributed by atoms with van der Waals surface area (Å²) in [6.45, 7) is 4.62. The van der Waals surface area contributed by atoms with Crippen LogP contribution in [0.15, 0.2) is 48.5 Å². The van der Waals surface area contributed by atoms with Gasteiger partial charge in [-0.2, -0.15) is 4.52 Å². The Morgan fingerprint density at radius 2 is 1.93 bits per heavy atom. The Bertz CT molecular complexity index is 1150. The summed E-state index contributed by atoms with van der Waals surface area (Å²) in [5, 5.41) is 13.2. The number of benzene rings is 2. The van der Waals surface area contributed by atoms with Gasteiger partial charge < -0.3 is 4.90 Å². The summed E-state index contributed by atoms with van der Waals surface area (Å²) in [7, 11) is 0. The number of carbonyl (C=O) groups is 1. The number of amides is 1. The second kappa shape index (κ2) is 7.34. The molecule has 2 aromatic heterocycles. The van der Waals surface area contributed by atoms with Gasteiger partial charge >= 0.3 is 0 Å². The average Bonchev–Trinajstić information content (AvgIpc) is 3.18. The van der Waals surface area contributed by atoms with Crippen LogP contribution < -0.4 is 0 Å². The average molecular weight is 377 g/mol. The van der Waals surface area contributed by atoms with Gasteiger partial charge in [0.15, 0.2) is 5.65 Å². The highest BCUT2D eigenvalue weighted by Crippen LogP contribution is 2.23. The molecular formula is C21H20FN5O. The molecule has 142 valence electrons. The zero-order valence-corrected chi connectivity index (χ0v) is 15.8. The minimum atomic E-state index is -0.293. The standard InChI is InChI=1S/C21H20FN5O/c1-3-19(28)26(12-15-7-9-18(22)10-8-15)13-17-11-16-6-4-5-14(2)20(16)27-21(17)23-24-25-27/h4-11H,3,12-13H2,1-2H3. The molecule has 2 heterocycles. The Morgan fingerprint density at radius 1 is 1.14 bits per heavy atom. The van der Waals surface area contributed by atoms with Gasteiger partial charge in [-0.05, 0) is 46.7 Å². The molecule has 0 bridgehead atoms. The highest BCUT2D eigenvalue weighted by molar-refractivity contribution is 5.86. The van der Waals surface area contributed by atoms with E-state index in [2.05, 4.69) is 15.5 Å². The number of rotatable bonds is 5. The Labute approximate surface area is 161 Å². The molecule has 0 aliphatic rings. The van der Waals surface area contributed by atoms with Crippen molar-refractivity contribution < 1.29 is 9.18 Å². The third kappa shape index (κ3) is 3.31. The molecule has 1 amide bonds. The Kier molecular flexibility index (Phi) is 4.73. The van der Waals surface area contributed by atoms with E-state index in [-0.39, 0.29) is 11.7 Å². The summed E-state index contributed by atoms with van der Waals surface area (Å²) < 4.78 is 14.9. The van der Waals surface area contributed by atoms with E-state index < -0.39 is 0 Å². The van der Waals surface area contributed by atoms with Crippen molar-refractivity contribution >= 4 is 22.5 Å². The first-order chi connectivity index (χ1) is 13.6. The highest BCUT2D eigenvalue weighted by atomic mass is 19.1. The Balaban J connectivity index is 1.75. The number of halogens is 1. The minimum absolute atomic E-state index is 0.0132. The number of aromatic nitrogens is 4. The van der Waals surface area contributed by atoms with Crippen LogP contribution in [0.25, 0.3) is 16.6 Å². The van der Waals surface area contributed by atoms with Gasteiger partial charge in [-0.25, -0.2) is 4.39 Å². The minimum Gasteiger partial charge on any atom is -0.334 e. The van der Waals surface area contributed by atoms with Gasteiger partial charge in [0.1, 0.15) is 5.82 Å². The molecule has 6 nitrogen and oxygen atoms in total. The number of pyridine rings is 1. The molecule has 0 atom stereocenters. The monoisotopic (exact) mass is 377 g/mol. The quantitative estimate of drug-likeness (QED) is 0.532. The molecule has 0 radical (unpaired) electrons. The van der Waals surface area contributed by atoms with Crippen molar-refractivity contribution in [2.45, 2.75) is 33.4 Å². The number of para-hydroxylation sites is 1. The number of aryl methyl sites for hydroxylation is 1. The fourth-order valence-corrected chi connectivity index (χ4v) is 3.47. The van der Waals surface area contributed by atoms with Crippen LogP contribution in [0.3, 0.4) is 0 Å². The van der Waals surface area contributed by atoms with Crippen LogP contribution in [-0.4, -0.2) is 30.8 Å². The summed E-state index contributed by atoms with van der Waals surface area (Å²) in [6.07, 6.45) is 0.384. The molecule has 0 saturated carbocycles. The van der Waals surface area contributed by atoms with Crippen molar-refractivity contribution in [2.75, 3.05) is 0 Å². The van der Waals surface area contributed by atoms with E-state index in [9.17, 15) is 9.18 Å². The maximum Gasteiger partial charge on any atom is 0.222 e. The van der Waals surface area contributed by atoms with E-state index >= 15 is 0 Å². The molecule has 0 fully saturated rings. The van der Waals surface area contributed by atoms with E-state index in [1.807, 2.05) is 38.1 Å². The zero-order chi connectivity index (χ0) is 19.7. The second-order valence-corrected chi connectivity index (χ2v) is 6.83. The topological polar surface area (TPSA) is 63.4 Å². The summed E-state index contributed by atoms with van der Waals surface area (Å²) in [4.78, 5) is 14.3. The summed E-state index contributed by atoms with van der Waals surface area (Å²) in [5.41, 5.74) is 4.41. The van der Waals surface area contributed by atoms with Gasteiger partial charge in [0.2, 0.25) is 5.91 Å². The summed E-state index contributed by atoms with van der Waals surface area (Å²) in [6, 6.07) is 14.3. The van der Waals surface area contributed by atoms with Crippen LogP contribution >= 0.6 is 0 Å². The third-order valence-electron chi connectivity index (χ3n) is 4.87. The molecule has 4 rings (SSSR count). The van der Waals surface area contributed by atoms with Gasteiger partial charge in [0.05, 0.1) is 5.52 Å². The molecule has 0 saturated heterocycles. The summed E-state index contributed by atoms with van der Waals surface area (Å²) in [5.74, 6) is -0.280. The maximum atomic E-state index is 13.2. The number of fused-ring (bicyclic) bond motifs is 3. The van der Waals surface area contributed by atoms with Crippen LogP contribution in [-0.2, 0) is 17.9 Å². The molecule has 0 aliphatic carbocycles. The molecule has 0 spiro atoms. The van der Waals surface area contributed by atoms with Gasteiger partial charge in [-0.15, -0.1) is 5.10 Å². The number of hydrogen-bond acceptors (Lipinski definition) is 4. The normalized spacial score (nSPS) is 11.2. The van der Waals surface area contributed by atoms with Crippen molar-refractivity contribution in [2.24, 2.45) is 0 Å². The van der Waals surface area contributed by atoms with Gasteiger partial charge in [0, 0.05) is 30.5 Å². The van der Waals surface area contributed by atoms with Gasteiger partial charge in [-0.1, -0.05) is 37.3 Å². The van der Waals surface area contributed by atoms with Gasteiger partial charge in [-0.3, -0.25) is 4.79 Å². The first-order valence-electron chi connectivity index (χ1n) is 9.18. The first kappa shape index (κ1) is 18.0. The number of nitrogens with zero attached hydrogens (tertiary/aromatic N) is 5. The third-order valence-corrected chi connectivity index (χ3v) is 4.87. The molecular weight excluding hydrogens is 357 g/mol. The summed E-state index contributed by atoms with van der Waals surface area (Å²) >= 11 is 0. The van der Waals surface area contributed by atoms with E-state index in [1.165, 1.54) is 12.1 Å². The fourth-order valence-electron chi connectivity index (χ4n) is 3.47. The largest absolute Gasteiger partial charge is 0.334 e. The SMILES string of the molecule is CCC(=O)N(Cc1ccc(F)cc1)Cc1cc2cccc(C)c2n2nnnc12. The predicted octanol–water partition coefficient (Wildman–Crippen LogP) is 3.66. The molecule has 0 unspecified atom stereocenters. The smallest absolute Gasteiger partial charge is 0.222 e. The Morgan fingerprint density at radius 3 is 2.68 bits per heavy atom. The van der Waals surface area contributed by atoms with Crippen molar-refractivity contribution in [1.82, 2.24) is 24.9 Å². The van der Waals surface area contributed by atoms with Crippen molar-refractivity contribution in [3.05, 3.63) is 71.0 Å². The Hall–Kier alpha value is -3.35. The number of hydrogen-bond donors (Lipinski definition) is 0. The van der Waals surface area contributed by atoms with Crippen LogP contribution in [0.4, 0.5) is 4.39 Å². The highest BCUT2D eigenvalue weighted by Gasteiger charge is 2.18. The van der Waals surface area contributed by atoms with E-state index in [0.29, 0.717) is 25.2 Å². The molecule has 7 heteroatoms. The van der Waals surface area contributed by atoms with Crippen LogP contribution in [0.2, 0.25) is 0 Å². The lowest BCUT2D eigenvalue weighted by Gasteiger charge is -2.23. The lowest BCUT2D eigenvalue weighted by Crippen LogP contribution is -2.29. The van der Waals surface area contributed by atoms with Gasteiger partial charge in [0.25, 0.3) is 0 Å². The van der Waals surface area contributed by atoms with Crippen molar-refractivity contribution in [3.63, 3.8) is 0 Å². The fraction of sp³-hybridized carbons (Fsp3) is 0.238. The van der Waals surface area contributed by atoms with Crippen molar-refractivity contribution in [1.29, 1.82) is 0 Å². The van der Waals surface area contributed by atoms with Crippen molar-refractivity contribution in [3.8, 4) is 0 Å². The maximum absolute atomic E-state index is 13.2. The van der Waals surface area contributed by atoms with Crippen LogP contribution in [0, 0.1) is 12.7 Å². The lowest BCUT2D eigenvalue weighted by atomic mass is 10.1. The molecule has 2 aromatic carbocycles. The van der Waals surface area contributed by atoms with E-state index in [1.54, 1.807) is 21.5 Å². The van der Waals surface area contributed by atoms with Crippen LogP contribution in [0.1, 0.15) is 30.0 Å². The van der Waals surface area contributed by atoms with E-state index in [0.717, 1.165) is 27.6 Å². The lowest BCUT2D eigenvalue weighted by molar-refractivity contribution is -0.132.